The number of anilines is 2. The number of fused-ring (bicyclic) bond motifs is 2. The summed E-state index contributed by atoms with van der Waals surface area (Å²) in [6.45, 7) is 5.41. The molecule has 0 spiro atoms. The Labute approximate surface area is 184 Å². The van der Waals surface area contributed by atoms with Crippen molar-refractivity contribution < 1.29 is 4.79 Å². The summed E-state index contributed by atoms with van der Waals surface area (Å²) in [6.07, 6.45) is 9.09. The van der Waals surface area contributed by atoms with Gasteiger partial charge in [0.1, 0.15) is 0 Å². The van der Waals surface area contributed by atoms with Gasteiger partial charge in [-0.2, -0.15) is 0 Å². The Hall–Kier alpha value is -2.39. The van der Waals surface area contributed by atoms with Crippen molar-refractivity contribution in [3.05, 3.63) is 70.1 Å². The fourth-order valence-corrected chi connectivity index (χ4v) is 5.57. The molecular weight excluding hydrogens is 386 g/mol. The fourth-order valence-electron chi connectivity index (χ4n) is 4.55. The summed E-state index contributed by atoms with van der Waals surface area (Å²) in [6, 6.07) is 17.9. The number of carbonyl (C=O) groups excluding carboxylic acids is 1. The number of aldehydes is 1. The Balaban J connectivity index is 1.63. The zero-order valence-electron chi connectivity index (χ0n) is 18.1. The summed E-state index contributed by atoms with van der Waals surface area (Å²) < 4.78 is 0. The summed E-state index contributed by atoms with van der Waals surface area (Å²) in [4.78, 5) is 16.2. The lowest BCUT2D eigenvalue weighted by molar-refractivity contribution is 0.112. The highest BCUT2D eigenvalue weighted by Gasteiger charge is 2.20. The fraction of sp³-hybridized carbons (Fsp3) is 0.370. The third kappa shape index (κ3) is 4.22. The van der Waals surface area contributed by atoms with Crippen LogP contribution in [0.5, 0.6) is 0 Å². The van der Waals surface area contributed by atoms with Gasteiger partial charge in [-0.1, -0.05) is 50.5 Å². The van der Waals surface area contributed by atoms with Crippen molar-refractivity contribution in [1.82, 2.24) is 0 Å². The van der Waals surface area contributed by atoms with Gasteiger partial charge in [0.2, 0.25) is 0 Å². The van der Waals surface area contributed by atoms with Crippen LogP contribution in [0.2, 0.25) is 0 Å². The lowest BCUT2D eigenvalue weighted by Crippen LogP contribution is -2.17. The van der Waals surface area contributed by atoms with Crippen molar-refractivity contribution in [2.24, 2.45) is 0 Å². The lowest BCUT2D eigenvalue weighted by atomic mass is 10.0. The van der Waals surface area contributed by atoms with E-state index in [0.29, 0.717) is 0 Å². The molecule has 156 valence electrons. The summed E-state index contributed by atoms with van der Waals surface area (Å²) in [7, 11) is 0. The minimum Gasteiger partial charge on any atom is -0.341 e. The van der Waals surface area contributed by atoms with Crippen LogP contribution in [0.25, 0.3) is 10.4 Å². The molecule has 2 aromatic carbocycles. The molecule has 3 heteroatoms. The first kappa shape index (κ1) is 20.9. The molecule has 2 nitrogen and oxygen atoms in total. The molecule has 2 heterocycles. The largest absolute Gasteiger partial charge is 0.341 e. The Morgan fingerprint density at radius 2 is 1.73 bits per heavy atom. The Morgan fingerprint density at radius 3 is 2.53 bits per heavy atom. The van der Waals surface area contributed by atoms with Crippen LogP contribution < -0.4 is 4.90 Å². The van der Waals surface area contributed by atoms with Crippen molar-refractivity contribution in [2.75, 3.05) is 11.4 Å². The van der Waals surface area contributed by atoms with Crippen LogP contribution >= 0.6 is 11.3 Å². The maximum absolute atomic E-state index is 11.7. The molecule has 0 saturated heterocycles. The third-order valence-electron chi connectivity index (χ3n) is 6.17. The van der Waals surface area contributed by atoms with E-state index in [2.05, 4.69) is 67.3 Å². The average Bonchev–Trinajstić information content (AvgIpc) is 3.12. The van der Waals surface area contributed by atoms with Crippen LogP contribution in [-0.4, -0.2) is 12.8 Å². The predicted molar refractivity (Wildman–Crippen MR) is 130 cm³/mol. The third-order valence-corrected chi connectivity index (χ3v) is 7.32. The van der Waals surface area contributed by atoms with Gasteiger partial charge in [0.05, 0.1) is 4.88 Å². The number of thiophene rings is 1. The van der Waals surface area contributed by atoms with E-state index in [4.69, 9.17) is 0 Å². The van der Waals surface area contributed by atoms with Crippen molar-refractivity contribution in [3.8, 4) is 10.4 Å². The van der Waals surface area contributed by atoms with Crippen LogP contribution in [0.3, 0.4) is 0 Å². The van der Waals surface area contributed by atoms with E-state index in [9.17, 15) is 4.79 Å². The van der Waals surface area contributed by atoms with Gasteiger partial charge in [0.25, 0.3) is 0 Å². The van der Waals surface area contributed by atoms with E-state index < -0.39 is 0 Å². The summed E-state index contributed by atoms with van der Waals surface area (Å²) in [5, 5.41) is 0. The Kier molecular flexibility index (Phi) is 6.69. The van der Waals surface area contributed by atoms with Crippen molar-refractivity contribution in [1.29, 1.82) is 0 Å². The molecule has 0 amide bonds. The number of para-hydroxylation sites is 1. The van der Waals surface area contributed by atoms with Gasteiger partial charge in [0.15, 0.2) is 6.29 Å². The standard InChI is InChI=1S/C27H31NOS/c1-3-5-6-7-11-22-18-26(30-27(22)19-29)23-15-16-25-21(17-23)14-13-20-10-8-9-12-24(20)28(25)4-2/h8-10,12,15-19H,3-7,11,13-14H2,1-2H3. The van der Waals surface area contributed by atoms with Gasteiger partial charge in [-0.3, -0.25) is 4.79 Å². The van der Waals surface area contributed by atoms with Crippen molar-refractivity contribution >= 4 is 29.0 Å². The molecule has 0 bridgehead atoms. The molecule has 30 heavy (non-hydrogen) atoms. The van der Waals surface area contributed by atoms with E-state index in [-0.39, 0.29) is 0 Å². The first-order valence-electron chi connectivity index (χ1n) is 11.3. The van der Waals surface area contributed by atoms with Crippen LogP contribution in [-0.2, 0) is 19.3 Å². The van der Waals surface area contributed by atoms with E-state index >= 15 is 0 Å². The molecule has 4 rings (SSSR count). The summed E-state index contributed by atoms with van der Waals surface area (Å²) >= 11 is 1.64. The number of unbranched alkanes of at least 4 members (excludes halogenated alkanes) is 3. The number of aryl methyl sites for hydroxylation is 3. The molecule has 0 unspecified atom stereocenters. The summed E-state index contributed by atoms with van der Waals surface area (Å²) in [5.41, 5.74) is 7.93. The summed E-state index contributed by atoms with van der Waals surface area (Å²) in [5.74, 6) is 0. The Morgan fingerprint density at radius 1 is 0.933 bits per heavy atom. The molecule has 1 aliphatic heterocycles. The van der Waals surface area contributed by atoms with Crippen LogP contribution in [0, 0.1) is 0 Å². The predicted octanol–water partition coefficient (Wildman–Crippen LogP) is 7.61. The van der Waals surface area contributed by atoms with Gasteiger partial charge < -0.3 is 4.90 Å². The topological polar surface area (TPSA) is 20.3 Å². The number of carbonyl (C=O) groups is 1. The second-order valence-corrected chi connectivity index (χ2v) is 9.23. The van der Waals surface area contributed by atoms with E-state index in [1.54, 1.807) is 11.3 Å². The lowest BCUT2D eigenvalue weighted by Gasteiger charge is -2.25. The number of hydrogen-bond acceptors (Lipinski definition) is 3. The molecule has 0 fully saturated rings. The average molecular weight is 418 g/mol. The zero-order chi connectivity index (χ0) is 20.9. The second-order valence-electron chi connectivity index (χ2n) is 8.15. The van der Waals surface area contributed by atoms with Crippen LogP contribution in [0.15, 0.2) is 48.5 Å². The van der Waals surface area contributed by atoms with Gasteiger partial charge in [-0.05, 0) is 79.1 Å². The smallest absolute Gasteiger partial charge is 0.160 e. The molecule has 1 aromatic heterocycles. The van der Waals surface area contributed by atoms with Crippen molar-refractivity contribution in [2.45, 2.75) is 58.8 Å². The normalized spacial score (nSPS) is 12.9. The van der Waals surface area contributed by atoms with Gasteiger partial charge in [-0.15, -0.1) is 11.3 Å². The molecule has 0 atom stereocenters. The van der Waals surface area contributed by atoms with E-state index in [1.807, 2.05) is 0 Å². The molecular formula is C27H31NOS. The molecule has 3 aromatic rings. The van der Waals surface area contributed by atoms with Gasteiger partial charge >= 0.3 is 0 Å². The highest BCUT2D eigenvalue weighted by Crippen LogP contribution is 2.39. The van der Waals surface area contributed by atoms with E-state index in [0.717, 1.165) is 37.0 Å². The minimum absolute atomic E-state index is 0.902. The maximum Gasteiger partial charge on any atom is 0.160 e. The van der Waals surface area contributed by atoms with E-state index in [1.165, 1.54) is 64.2 Å². The molecule has 0 N–H and O–H groups in total. The van der Waals surface area contributed by atoms with Crippen molar-refractivity contribution in [3.63, 3.8) is 0 Å². The maximum atomic E-state index is 11.7. The first-order chi connectivity index (χ1) is 14.7. The number of hydrogen-bond donors (Lipinski definition) is 0. The highest BCUT2D eigenvalue weighted by molar-refractivity contribution is 7.17. The Bertz CT molecular complexity index is 1020. The highest BCUT2D eigenvalue weighted by atomic mass is 32.1. The molecule has 0 radical (unpaired) electrons. The monoisotopic (exact) mass is 417 g/mol. The number of nitrogens with zero attached hydrogens (tertiary/aromatic N) is 1. The SMILES string of the molecule is CCCCCCc1cc(-c2ccc3c(c2)CCc2ccccc2N3CC)sc1C=O. The first-order valence-corrected chi connectivity index (χ1v) is 12.1. The zero-order valence-corrected chi connectivity index (χ0v) is 18.9. The van der Waals surface area contributed by atoms with Gasteiger partial charge in [0, 0.05) is 22.8 Å². The number of rotatable bonds is 8. The molecule has 0 saturated carbocycles. The molecule has 0 aliphatic carbocycles. The number of benzene rings is 2. The molecule has 1 aliphatic rings. The quantitative estimate of drug-likeness (QED) is 0.278. The van der Waals surface area contributed by atoms with Gasteiger partial charge in [-0.25, -0.2) is 0 Å². The van der Waals surface area contributed by atoms with Crippen LogP contribution in [0.1, 0.15) is 65.9 Å². The second kappa shape index (κ2) is 9.61. The minimum atomic E-state index is 0.902. The van der Waals surface area contributed by atoms with Crippen LogP contribution in [0.4, 0.5) is 11.4 Å².